The van der Waals surface area contributed by atoms with Gasteiger partial charge in [0.25, 0.3) is 0 Å². The molecule has 0 spiro atoms. The van der Waals surface area contributed by atoms with Crippen LogP contribution in [-0.2, 0) is 6.42 Å². The lowest BCUT2D eigenvalue weighted by Crippen LogP contribution is -2.24. The molecule has 2 heteroatoms. The molecule has 0 aliphatic heterocycles. The molecule has 0 amide bonds. The van der Waals surface area contributed by atoms with Gasteiger partial charge >= 0.3 is 0 Å². The Bertz CT molecular complexity index is 265. The highest BCUT2D eigenvalue weighted by molar-refractivity contribution is 5.22. The van der Waals surface area contributed by atoms with E-state index in [0.29, 0.717) is 6.04 Å². The summed E-state index contributed by atoms with van der Waals surface area (Å²) < 4.78 is 0. The Kier molecular flexibility index (Phi) is 13.9. The lowest BCUT2D eigenvalue weighted by atomic mass is 10.0. The van der Waals surface area contributed by atoms with Gasteiger partial charge in [-0.2, -0.15) is 0 Å². The van der Waals surface area contributed by atoms with Gasteiger partial charge in [-0.05, 0) is 33.0 Å². The molecule has 0 aromatic heterocycles. The van der Waals surface area contributed by atoms with E-state index in [1.54, 1.807) is 0 Å². The molecule has 1 atom stereocenters. The summed E-state index contributed by atoms with van der Waals surface area (Å²) in [5.41, 5.74) is 7.16. The maximum absolute atomic E-state index is 4.50. The Morgan fingerprint density at radius 1 is 1.24 bits per heavy atom. The van der Waals surface area contributed by atoms with E-state index >= 15 is 0 Å². The number of benzene rings is 1. The average molecular weight is 236 g/mol. The molecule has 0 fully saturated rings. The van der Waals surface area contributed by atoms with E-state index in [9.17, 15) is 0 Å². The molecule has 0 radical (unpaired) electrons. The minimum atomic E-state index is 0.378. The van der Waals surface area contributed by atoms with Crippen LogP contribution in [-0.4, -0.2) is 20.1 Å². The molecular weight excluding hydrogens is 208 g/mol. The van der Waals surface area contributed by atoms with Crippen molar-refractivity contribution in [3.8, 4) is 0 Å². The van der Waals surface area contributed by atoms with Gasteiger partial charge in [0.05, 0.1) is 0 Å². The van der Waals surface area contributed by atoms with Gasteiger partial charge in [-0.25, -0.2) is 0 Å². The van der Waals surface area contributed by atoms with Gasteiger partial charge in [-0.3, -0.25) is 0 Å². The number of hydrogen-bond acceptors (Lipinski definition) is 2. The Balaban J connectivity index is 0. The third-order valence-electron chi connectivity index (χ3n) is 2.23. The van der Waals surface area contributed by atoms with E-state index in [0.717, 1.165) is 6.42 Å². The number of aryl methyl sites for hydroxylation is 1. The fraction of sp³-hybridized carbons (Fsp3) is 0.467. The molecule has 3 N–H and O–H groups in total. The fourth-order valence-electron chi connectivity index (χ4n) is 1.28. The summed E-state index contributed by atoms with van der Waals surface area (Å²) in [6.07, 6.45) is 2.96. The predicted octanol–water partition coefficient (Wildman–Crippen LogP) is 2.91. The van der Waals surface area contributed by atoms with Crippen LogP contribution in [0.15, 0.2) is 36.9 Å². The van der Waals surface area contributed by atoms with Crippen molar-refractivity contribution in [1.29, 1.82) is 0 Å². The van der Waals surface area contributed by atoms with Gasteiger partial charge < -0.3 is 11.1 Å². The van der Waals surface area contributed by atoms with Crippen molar-refractivity contribution in [2.24, 2.45) is 5.73 Å². The molecular formula is C15H28N2. The quantitative estimate of drug-likeness (QED) is 0.789. The summed E-state index contributed by atoms with van der Waals surface area (Å²) >= 11 is 0. The molecule has 1 aromatic carbocycles. The van der Waals surface area contributed by atoms with Crippen LogP contribution >= 0.6 is 0 Å². The molecule has 1 aromatic rings. The summed E-state index contributed by atoms with van der Waals surface area (Å²) in [4.78, 5) is 0. The molecule has 0 aliphatic rings. The van der Waals surface area contributed by atoms with Gasteiger partial charge in [-0.1, -0.05) is 49.8 Å². The van der Waals surface area contributed by atoms with E-state index in [1.165, 1.54) is 18.2 Å². The highest BCUT2D eigenvalue weighted by Gasteiger charge is 2.01. The molecule has 0 heterocycles. The van der Waals surface area contributed by atoms with Crippen molar-refractivity contribution in [2.45, 2.75) is 33.2 Å². The SMILES string of the molecule is C=CC(Cc1ccc(C)cc1)NC.CC.CN. The minimum absolute atomic E-state index is 0.378. The molecule has 0 saturated heterocycles. The zero-order valence-corrected chi connectivity index (χ0v) is 12.0. The maximum Gasteiger partial charge on any atom is 0.0285 e. The van der Waals surface area contributed by atoms with E-state index in [-0.39, 0.29) is 0 Å². The van der Waals surface area contributed by atoms with Crippen molar-refractivity contribution >= 4 is 0 Å². The second kappa shape index (κ2) is 12.9. The lowest BCUT2D eigenvalue weighted by Gasteiger charge is -2.10. The third kappa shape index (κ3) is 8.66. The smallest absolute Gasteiger partial charge is 0.0285 e. The van der Waals surface area contributed by atoms with Crippen LogP contribution < -0.4 is 11.1 Å². The van der Waals surface area contributed by atoms with Crippen LogP contribution in [0.25, 0.3) is 0 Å². The van der Waals surface area contributed by atoms with Gasteiger partial charge in [0.1, 0.15) is 0 Å². The molecule has 2 nitrogen and oxygen atoms in total. The molecule has 98 valence electrons. The highest BCUT2D eigenvalue weighted by Crippen LogP contribution is 2.06. The van der Waals surface area contributed by atoms with Crippen molar-refractivity contribution in [2.75, 3.05) is 14.1 Å². The van der Waals surface area contributed by atoms with Crippen LogP contribution in [0.4, 0.5) is 0 Å². The topological polar surface area (TPSA) is 38.0 Å². The zero-order chi connectivity index (χ0) is 13.7. The first-order valence-electron chi connectivity index (χ1n) is 6.19. The first kappa shape index (κ1) is 18.3. The number of likely N-dealkylation sites (N-methyl/N-ethyl adjacent to an activating group) is 1. The first-order valence-corrected chi connectivity index (χ1v) is 6.19. The number of rotatable bonds is 4. The van der Waals surface area contributed by atoms with Gasteiger partial charge in [0.2, 0.25) is 0 Å². The largest absolute Gasteiger partial charge is 0.333 e. The summed E-state index contributed by atoms with van der Waals surface area (Å²) in [5.74, 6) is 0. The predicted molar refractivity (Wildman–Crippen MR) is 79.4 cm³/mol. The van der Waals surface area contributed by atoms with Crippen LogP contribution in [0.1, 0.15) is 25.0 Å². The molecule has 0 bridgehead atoms. The average Bonchev–Trinajstić information content (AvgIpc) is 2.42. The van der Waals surface area contributed by atoms with Gasteiger partial charge in [0.15, 0.2) is 0 Å². The van der Waals surface area contributed by atoms with Crippen molar-refractivity contribution in [1.82, 2.24) is 5.32 Å². The standard InChI is InChI=1S/C12H17N.C2H6.CH5N/c1-4-12(13-3)9-11-7-5-10(2)6-8-11;2*1-2/h4-8,12-13H,1,9H2,2-3H3;1-2H3;2H2,1H3. The Labute approximate surface area is 107 Å². The molecule has 0 saturated carbocycles. The minimum Gasteiger partial charge on any atom is -0.333 e. The van der Waals surface area contributed by atoms with E-state index in [4.69, 9.17) is 0 Å². The second-order valence-corrected chi connectivity index (χ2v) is 3.32. The normalized spacial score (nSPS) is 10.2. The highest BCUT2D eigenvalue weighted by atomic mass is 14.8. The van der Waals surface area contributed by atoms with Crippen LogP contribution in [0.5, 0.6) is 0 Å². The summed E-state index contributed by atoms with van der Waals surface area (Å²) in [5, 5.41) is 3.20. The van der Waals surface area contributed by atoms with Crippen LogP contribution in [0.2, 0.25) is 0 Å². The maximum atomic E-state index is 4.50. The second-order valence-electron chi connectivity index (χ2n) is 3.32. The number of hydrogen-bond donors (Lipinski definition) is 2. The summed E-state index contributed by atoms with van der Waals surface area (Å²) in [7, 11) is 3.46. The fourth-order valence-corrected chi connectivity index (χ4v) is 1.28. The van der Waals surface area contributed by atoms with Crippen LogP contribution in [0, 0.1) is 6.92 Å². The van der Waals surface area contributed by atoms with E-state index in [1.807, 2.05) is 27.0 Å². The molecule has 1 unspecified atom stereocenters. The van der Waals surface area contributed by atoms with Crippen molar-refractivity contribution < 1.29 is 0 Å². The van der Waals surface area contributed by atoms with Gasteiger partial charge in [0, 0.05) is 6.04 Å². The molecule has 1 rings (SSSR count). The Morgan fingerprint density at radius 3 is 2.06 bits per heavy atom. The van der Waals surface area contributed by atoms with Gasteiger partial charge in [-0.15, -0.1) is 6.58 Å². The first-order chi connectivity index (χ1) is 8.26. The number of nitrogens with one attached hydrogen (secondary N) is 1. The monoisotopic (exact) mass is 236 g/mol. The summed E-state index contributed by atoms with van der Waals surface area (Å²) in [6.45, 7) is 9.89. The molecule has 0 aliphatic carbocycles. The van der Waals surface area contributed by atoms with E-state index < -0.39 is 0 Å². The lowest BCUT2D eigenvalue weighted by molar-refractivity contribution is 0.665. The van der Waals surface area contributed by atoms with Crippen molar-refractivity contribution in [3.63, 3.8) is 0 Å². The van der Waals surface area contributed by atoms with E-state index in [2.05, 4.69) is 48.8 Å². The Morgan fingerprint density at radius 2 is 1.71 bits per heavy atom. The Hall–Kier alpha value is -1.12. The third-order valence-corrected chi connectivity index (χ3v) is 2.23. The summed E-state index contributed by atoms with van der Waals surface area (Å²) in [6, 6.07) is 9.01. The van der Waals surface area contributed by atoms with Crippen molar-refractivity contribution in [3.05, 3.63) is 48.0 Å². The molecule has 17 heavy (non-hydrogen) atoms. The zero-order valence-electron chi connectivity index (χ0n) is 12.0. The number of nitrogens with two attached hydrogens (primary N) is 1. The van der Waals surface area contributed by atoms with Crippen LogP contribution in [0.3, 0.4) is 0 Å².